The number of hydrogen-bond acceptors (Lipinski definition) is 2. The van der Waals surface area contributed by atoms with Gasteiger partial charge in [-0.2, -0.15) is 5.10 Å². The number of benzene rings is 1. The molecule has 0 amide bonds. The summed E-state index contributed by atoms with van der Waals surface area (Å²) in [5.74, 6) is -0.742. The van der Waals surface area contributed by atoms with Crippen LogP contribution in [-0.2, 0) is 6.54 Å². The molecule has 0 saturated heterocycles. The second-order valence-electron chi connectivity index (χ2n) is 3.15. The maximum absolute atomic E-state index is 13.3. The fourth-order valence-electron chi connectivity index (χ4n) is 1.29. The summed E-state index contributed by atoms with van der Waals surface area (Å²) in [6, 6.07) is 5.04. The fraction of sp³-hybridized carbons (Fsp3) is 0.100. The van der Waals surface area contributed by atoms with Crippen molar-refractivity contribution in [3.63, 3.8) is 0 Å². The van der Waals surface area contributed by atoms with Crippen LogP contribution in [-0.4, -0.2) is 9.78 Å². The van der Waals surface area contributed by atoms with Crippen LogP contribution in [0.4, 0.5) is 14.6 Å². The number of hydrogen-bond donors (Lipinski definition) is 1. The molecule has 0 saturated carbocycles. The second-order valence-corrected chi connectivity index (χ2v) is 3.15. The van der Waals surface area contributed by atoms with Gasteiger partial charge in [-0.25, -0.2) is 13.5 Å². The highest BCUT2D eigenvalue weighted by Crippen LogP contribution is 2.12. The molecule has 0 unspecified atom stereocenters. The minimum atomic E-state index is -0.593. The molecule has 0 aliphatic rings. The van der Waals surface area contributed by atoms with Gasteiger partial charge in [0, 0.05) is 11.6 Å². The standard InChI is InChI=1S/C10H9F2N3/c11-8-2-1-7(9(12)5-8)6-15-10(13)3-4-14-15/h1-5H,6,13H2. The minimum absolute atomic E-state index is 0.199. The van der Waals surface area contributed by atoms with Crippen LogP contribution in [0, 0.1) is 11.6 Å². The first-order valence-corrected chi connectivity index (χ1v) is 4.38. The lowest BCUT2D eigenvalue weighted by atomic mass is 10.2. The number of aromatic nitrogens is 2. The van der Waals surface area contributed by atoms with Gasteiger partial charge in [0.05, 0.1) is 12.7 Å². The monoisotopic (exact) mass is 209 g/mol. The van der Waals surface area contributed by atoms with E-state index in [9.17, 15) is 8.78 Å². The van der Waals surface area contributed by atoms with E-state index < -0.39 is 11.6 Å². The van der Waals surface area contributed by atoms with Gasteiger partial charge in [0.1, 0.15) is 17.5 Å². The van der Waals surface area contributed by atoms with Crippen molar-refractivity contribution in [3.8, 4) is 0 Å². The Kier molecular flexibility index (Phi) is 2.37. The molecule has 1 aromatic carbocycles. The summed E-state index contributed by atoms with van der Waals surface area (Å²) in [5, 5.41) is 3.91. The smallest absolute Gasteiger partial charge is 0.131 e. The number of nitrogens with two attached hydrogens (primary N) is 1. The zero-order valence-electron chi connectivity index (χ0n) is 7.82. The summed E-state index contributed by atoms with van der Waals surface area (Å²) in [5.41, 5.74) is 5.93. The third kappa shape index (κ3) is 1.96. The van der Waals surface area contributed by atoms with Gasteiger partial charge in [0.15, 0.2) is 0 Å². The van der Waals surface area contributed by atoms with Crippen LogP contribution < -0.4 is 5.73 Å². The Morgan fingerprint density at radius 3 is 2.67 bits per heavy atom. The lowest BCUT2D eigenvalue weighted by Gasteiger charge is -2.05. The number of rotatable bonds is 2. The molecule has 1 aromatic heterocycles. The second kappa shape index (κ2) is 3.68. The third-order valence-electron chi connectivity index (χ3n) is 2.08. The molecule has 15 heavy (non-hydrogen) atoms. The molecular weight excluding hydrogens is 200 g/mol. The highest BCUT2D eigenvalue weighted by atomic mass is 19.1. The van der Waals surface area contributed by atoms with Crippen LogP contribution in [0.5, 0.6) is 0 Å². The van der Waals surface area contributed by atoms with Gasteiger partial charge >= 0.3 is 0 Å². The molecule has 0 aliphatic carbocycles. The van der Waals surface area contributed by atoms with Gasteiger partial charge < -0.3 is 5.73 Å². The Balaban J connectivity index is 2.29. The molecule has 0 spiro atoms. The van der Waals surface area contributed by atoms with Crippen molar-refractivity contribution in [2.75, 3.05) is 5.73 Å². The van der Waals surface area contributed by atoms with Crippen molar-refractivity contribution in [2.24, 2.45) is 0 Å². The van der Waals surface area contributed by atoms with E-state index in [-0.39, 0.29) is 6.54 Å². The van der Waals surface area contributed by atoms with Crippen LogP contribution in [0.25, 0.3) is 0 Å². The predicted octanol–water partition coefficient (Wildman–Crippen LogP) is 1.79. The highest BCUT2D eigenvalue weighted by molar-refractivity contribution is 5.28. The lowest BCUT2D eigenvalue weighted by molar-refractivity contribution is 0.560. The number of nitrogens with zero attached hydrogens (tertiary/aromatic N) is 2. The summed E-state index contributed by atoms with van der Waals surface area (Å²) < 4.78 is 27.3. The SMILES string of the molecule is Nc1ccnn1Cc1ccc(F)cc1F. The molecular formula is C10H9F2N3. The van der Waals surface area contributed by atoms with Crippen LogP contribution >= 0.6 is 0 Å². The van der Waals surface area contributed by atoms with Gasteiger partial charge in [-0.15, -0.1) is 0 Å². The van der Waals surface area contributed by atoms with E-state index in [1.54, 1.807) is 6.07 Å². The molecule has 0 bridgehead atoms. The number of nitrogen functional groups attached to an aromatic ring is 1. The van der Waals surface area contributed by atoms with Crippen molar-refractivity contribution < 1.29 is 8.78 Å². The molecule has 0 fully saturated rings. The maximum Gasteiger partial charge on any atom is 0.131 e. The molecule has 1 heterocycles. The molecule has 0 aliphatic heterocycles. The average Bonchev–Trinajstić information content (AvgIpc) is 2.57. The van der Waals surface area contributed by atoms with Gasteiger partial charge in [0.2, 0.25) is 0 Å². The van der Waals surface area contributed by atoms with Crippen molar-refractivity contribution in [1.82, 2.24) is 9.78 Å². The molecule has 0 atom stereocenters. The summed E-state index contributed by atoms with van der Waals surface area (Å²) in [6.45, 7) is 0.199. The van der Waals surface area contributed by atoms with E-state index in [4.69, 9.17) is 5.73 Å². The summed E-state index contributed by atoms with van der Waals surface area (Å²) >= 11 is 0. The predicted molar refractivity (Wildman–Crippen MR) is 52.1 cm³/mol. The van der Waals surface area contributed by atoms with E-state index >= 15 is 0 Å². The molecule has 0 radical (unpaired) electrons. The van der Waals surface area contributed by atoms with E-state index in [1.807, 2.05) is 0 Å². The van der Waals surface area contributed by atoms with Crippen molar-refractivity contribution in [3.05, 3.63) is 47.7 Å². The topological polar surface area (TPSA) is 43.8 Å². The number of anilines is 1. The molecule has 78 valence electrons. The number of halogens is 2. The summed E-state index contributed by atoms with van der Waals surface area (Å²) in [7, 11) is 0. The summed E-state index contributed by atoms with van der Waals surface area (Å²) in [6.07, 6.45) is 1.52. The van der Waals surface area contributed by atoms with E-state index in [2.05, 4.69) is 5.10 Å². The Hall–Kier alpha value is -1.91. The zero-order valence-corrected chi connectivity index (χ0v) is 7.82. The van der Waals surface area contributed by atoms with Crippen LogP contribution in [0.2, 0.25) is 0 Å². The first-order chi connectivity index (χ1) is 7.16. The quantitative estimate of drug-likeness (QED) is 0.819. The van der Waals surface area contributed by atoms with Crippen LogP contribution in [0.15, 0.2) is 30.5 Å². The highest BCUT2D eigenvalue weighted by Gasteiger charge is 2.06. The third-order valence-corrected chi connectivity index (χ3v) is 2.08. The van der Waals surface area contributed by atoms with E-state index in [1.165, 1.54) is 23.0 Å². The van der Waals surface area contributed by atoms with Gasteiger partial charge in [-0.1, -0.05) is 6.07 Å². The van der Waals surface area contributed by atoms with Crippen LogP contribution in [0.3, 0.4) is 0 Å². The minimum Gasteiger partial charge on any atom is -0.384 e. The van der Waals surface area contributed by atoms with Crippen LogP contribution in [0.1, 0.15) is 5.56 Å². The van der Waals surface area contributed by atoms with Gasteiger partial charge in [0.25, 0.3) is 0 Å². The normalized spacial score (nSPS) is 10.5. The molecule has 3 nitrogen and oxygen atoms in total. The fourth-order valence-corrected chi connectivity index (χ4v) is 1.29. The molecule has 5 heteroatoms. The average molecular weight is 209 g/mol. The van der Waals surface area contributed by atoms with Crippen molar-refractivity contribution in [2.45, 2.75) is 6.54 Å². The Labute approximate surface area is 85.1 Å². The van der Waals surface area contributed by atoms with Gasteiger partial charge in [-0.3, -0.25) is 0 Å². The molecule has 2 N–H and O–H groups in total. The van der Waals surface area contributed by atoms with E-state index in [0.717, 1.165) is 6.07 Å². The summed E-state index contributed by atoms with van der Waals surface area (Å²) in [4.78, 5) is 0. The zero-order chi connectivity index (χ0) is 10.8. The first kappa shape index (κ1) is 9.64. The Morgan fingerprint density at radius 1 is 1.27 bits per heavy atom. The van der Waals surface area contributed by atoms with Gasteiger partial charge in [-0.05, 0) is 12.1 Å². The Morgan fingerprint density at radius 2 is 2.07 bits per heavy atom. The van der Waals surface area contributed by atoms with E-state index in [0.29, 0.717) is 11.4 Å². The Bertz CT molecular complexity index is 479. The molecule has 2 aromatic rings. The maximum atomic E-state index is 13.3. The lowest BCUT2D eigenvalue weighted by Crippen LogP contribution is -2.07. The first-order valence-electron chi connectivity index (χ1n) is 4.38. The molecule has 2 rings (SSSR count). The largest absolute Gasteiger partial charge is 0.384 e. The van der Waals surface area contributed by atoms with Crippen molar-refractivity contribution >= 4 is 5.82 Å². The van der Waals surface area contributed by atoms with Crippen molar-refractivity contribution in [1.29, 1.82) is 0 Å².